The Kier molecular flexibility index (Phi) is 7.74. The lowest BCUT2D eigenvalue weighted by atomic mass is 10.1. The number of ether oxygens (including phenoxy) is 1. The van der Waals surface area contributed by atoms with E-state index < -0.39 is 0 Å². The van der Waals surface area contributed by atoms with Gasteiger partial charge in [-0.3, -0.25) is 0 Å². The normalized spacial score (nSPS) is 11.7. The zero-order valence-corrected chi connectivity index (χ0v) is 14.8. The van der Waals surface area contributed by atoms with Crippen molar-refractivity contribution >= 4 is 22.9 Å². The lowest BCUT2D eigenvalue weighted by molar-refractivity contribution is 0.283. The molecule has 1 heterocycles. The molecule has 2 aromatic rings. The number of nitrogens with zero attached hydrogens (tertiary/aromatic N) is 1. The number of nitrogens with one attached hydrogen (secondary N) is 1. The molecule has 0 fully saturated rings. The average molecular weight is 347 g/mol. The number of unbranched alkanes of at least 4 members (excludes halogenated alkanes) is 2. The molecule has 24 heavy (non-hydrogen) atoms. The molecule has 0 aliphatic carbocycles. The van der Waals surface area contributed by atoms with Crippen LogP contribution in [-0.2, 0) is 6.54 Å². The fourth-order valence-corrected chi connectivity index (χ4v) is 2.98. The maximum absolute atomic E-state index is 8.78. The first-order chi connectivity index (χ1) is 11.7. The number of aliphatic hydroxyl groups excluding tert-OH is 1. The number of aliphatic hydroxyl groups is 1. The number of nitrogens with two attached hydrogens (primary N) is 1. The lowest BCUT2D eigenvalue weighted by Crippen LogP contribution is -2.15. The van der Waals surface area contributed by atoms with Crippen LogP contribution in [0.25, 0.3) is 0 Å². The summed E-state index contributed by atoms with van der Waals surface area (Å²) >= 11 is 1.57. The third-order valence-electron chi connectivity index (χ3n) is 3.61. The first-order valence-electron chi connectivity index (χ1n) is 8.11. The second-order valence-corrected chi connectivity index (χ2v) is 6.38. The van der Waals surface area contributed by atoms with E-state index in [4.69, 9.17) is 15.6 Å². The largest absolute Gasteiger partial charge is 0.496 e. The highest BCUT2D eigenvalue weighted by Gasteiger charge is 2.06. The van der Waals surface area contributed by atoms with Crippen LogP contribution in [0, 0.1) is 0 Å². The van der Waals surface area contributed by atoms with Gasteiger partial charge in [-0.2, -0.15) is 0 Å². The van der Waals surface area contributed by atoms with Crippen LogP contribution in [0.15, 0.2) is 40.7 Å². The van der Waals surface area contributed by atoms with Gasteiger partial charge in [0.1, 0.15) is 11.6 Å². The van der Waals surface area contributed by atoms with E-state index in [0.717, 1.165) is 47.7 Å². The van der Waals surface area contributed by atoms with Crippen molar-refractivity contribution in [3.05, 3.63) is 46.2 Å². The van der Waals surface area contributed by atoms with Gasteiger partial charge in [0.15, 0.2) is 0 Å². The topological polar surface area (TPSA) is 79.9 Å². The first kappa shape index (κ1) is 18.4. The summed E-state index contributed by atoms with van der Waals surface area (Å²) in [7, 11) is 1.67. The Morgan fingerprint density at radius 3 is 2.88 bits per heavy atom. The van der Waals surface area contributed by atoms with Gasteiger partial charge in [0, 0.05) is 18.7 Å². The van der Waals surface area contributed by atoms with Gasteiger partial charge in [-0.1, -0.05) is 6.07 Å². The van der Waals surface area contributed by atoms with Crippen LogP contribution in [0.2, 0.25) is 0 Å². The summed E-state index contributed by atoms with van der Waals surface area (Å²) in [6, 6.07) is 9.75. The molecule has 5 nitrogen and oxygen atoms in total. The van der Waals surface area contributed by atoms with Crippen LogP contribution in [0.4, 0.5) is 5.69 Å². The molecule has 0 aliphatic rings. The summed E-state index contributed by atoms with van der Waals surface area (Å²) < 4.78 is 5.42. The summed E-state index contributed by atoms with van der Waals surface area (Å²) in [6.45, 7) is 1.89. The molecule has 1 aromatic heterocycles. The molecule has 0 spiro atoms. The molecule has 2 rings (SSSR count). The Morgan fingerprint density at radius 1 is 1.29 bits per heavy atom. The lowest BCUT2D eigenvalue weighted by Gasteiger charge is -2.11. The summed E-state index contributed by atoms with van der Waals surface area (Å²) in [5.74, 6) is 1.37. The maximum atomic E-state index is 8.78. The van der Waals surface area contributed by atoms with E-state index in [1.165, 1.54) is 0 Å². The van der Waals surface area contributed by atoms with Gasteiger partial charge in [-0.15, -0.1) is 11.3 Å². The summed E-state index contributed by atoms with van der Waals surface area (Å²) in [6.07, 6.45) is 2.94. The van der Waals surface area contributed by atoms with Gasteiger partial charge in [0.2, 0.25) is 0 Å². The SMILES string of the molecule is COc1ccc(N=C(N)c2cccs2)cc1CNCCCCCO. The Balaban J connectivity index is 2.00. The van der Waals surface area contributed by atoms with Gasteiger partial charge in [0.25, 0.3) is 0 Å². The molecule has 0 amide bonds. The van der Waals surface area contributed by atoms with Crippen molar-refractivity contribution in [3.63, 3.8) is 0 Å². The van der Waals surface area contributed by atoms with Crippen molar-refractivity contribution in [3.8, 4) is 5.75 Å². The van der Waals surface area contributed by atoms with Crippen molar-refractivity contribution in [2.24, 2.45) is 10.7 Å². The van der Waals surface area contributed by atoms with Crippen LogP contribution >= 0.6 is 11.3 Å². The standard InChI is InChI=1S/C18H25N3O2S/c1-23-16-8-7-15(21-18(19)17-6-5-11-24-17)12-14(16)13-20-9-3-2-4-10-22/h5-8,11-12,20,22H,2-4,9-10,13H2,1H3,(H2,19,21). The summed E-state index contributed by atoms with van der Waals surface area (Å²) in [5.41, 5.74) is 7.93. The summed E-state index contributed by atoms with van der Waals surface area (Å²) in [4.78, 5) is 5.47. The molecule has 4 N–H and O–H groups in total. The molecule has 0 atom stereocenters. The molecule has 0 bridgehead atoms. The van der Waals surface area contributed by atoms with Crippen molar-refractivity contribution in [2.45, 2.75) is 25.8 Å². The number of thiophene rings is 1. The molecule has 6 heteroatoms. The zero-order chi connectivity index (χ0) is 17.2. The van der Waals surface area contributed by atoms with Crippen LogP contribution in [-0.4, -0.2) is 31.2 Å². The minimum atomic E-state index is 0.263. The minimum absolute atomic E-state index is 0.263. The Labute approximate surface area is 147 Å². The van der Waals surface area contributed by atoms with Gasteiger partial charge in [0.05, 0.1) is 17.7 Å². The van der Waals surface area contributed by atoms with E-state index >= 15 is 0 Å². The number of rotatable bonds is 10. The van der Waals surface area contributed by atoms with Crippen LogP contribution in [0.3, 0.4) is 0 Å². The van der Waals surface area contributed by atoms with Crippen LogP contribution < -0.4 is 15.8 Å². The number of aliphatic imine (C=N–C) groups is 1. The van der Waals surface area contributed by atoms with Crippen molar-refractivity contribution in [1.29, 1.82) is 0 Å². The second-order valence-electron chi connectivity index (χ2n) is 5.43. The molecule has 130 valence electrons. The third kappa shape index (κ3) is 5.63. The van der Waals surface area contributed by atoms with Crippen molar-refractivity contribution in [1.82, 2.24) is 5.32 Å². The predicted molar refractivity (Wildman–Crippen MR) is 100 cm³/mol. The fraction of sp³-hybridized carbons (Fsp3) is 0.389. The smallest absolute Gasteiger partial charge is 0.141 e. The van der Waals surface area contributed by atoms with Crippen molar-refractivity contribution < 1.29 is 9.84 Å². The third-order valence-corrected chi connectivity index (χ3v) is 4.51. The highest BCUT2D eigenvalue weighted by atomic mass is 32.1. The van der Waals surface area contributed by atoms with Gasteiger partial charge in [-0.05, 0) is 55.5 Å². The van der Waals surface area contributed by atoms with Crippen LogP contribution in [0.1, 0.15) is 29.7 Å². The number of amidine groups is 1. The van der Waals surface area contributed by atoms with Gasteiger partial charge in [-0.25, -0.2) is 4.99 Å². The minimum Gasteiger partial charge on any atom is -0.496 e. The number of methoxy groups -OCH3 is 1. The van der Waals surface area contributed by atoms with E-state index in [1.807, 2.05) is 35.7 Å². The molecule has 1 aromatic carbocycles. The Morgan fingerprint density at radius 2 is 2.17 bits per heavy atom. The quantitative estimate of drug-likeness (QED) is 0.351. The molecule has 0 radical (unpaired) electrons. The highest BCUT2D eigenvalue weighted by Crippen LogP contribution is 2.25. The monoisotopic (exact) mass is 347 g/mol. The number of hydrogen-bond donors (Lipinski definition) is 3. The number of benzene rings is 1. The highest BCUT2D eigenvalue weighted by molar-refractivity contribution is 7.12. The van der Waals surface area contributed by atoms with E-state index in [9.17, 15) is 0 Å². The van der Waals surface area contributed by atoms with Crippen molar-refractivity contribution in [2.75, 3.05) is 20.3 Å². The van der Waals surface area contributed by atoms with Gasteiger partial charge < -0.3 is 20.9 Å². The number of hydrogen-bond acceptors (Lipinski definition) is 5. The molecular formula is C18H25N3O2S. The molecule has 0 unspecified atom stereocenters. The van der Waals surface area contributed by atoms with Crippen LogP contribution in [0.5, 0.6) is 5.75 Å². The van der Waals surface area contributed by atoms with Gasteiger partial charge >= 0.3 is 0 Å². The molecular weight excluding hydrogens is 322 g/mol. The molecule has 0 aliphatic heterocycles. The van der Waals surface area contributed by atoms with E-state index in [1.54, 1.807) is 18.4 Å². The zero-order valence-electron chi connectivity index (χ0n) is 14.0. The van der Waals surface area contributed by atoms with E-state index in [2.05, 4.69) is 10.3 Å². The maximum Gasteiger partial charge on any atom is 0.141 e. The van der Waals surface area contributed by atoms with E-state index in [-0.39, 0.29) is 6.61 Å². The fourth-order valence-electron chi connectivity index (χ4n) is 2.35. The average Bonchev–Trinajstić information content (AvgIpc) is 3.13. The molecule has 0 saturated heterocycles. The van der Waals surface area contributed by atoms with E-state index in [0.29, 0.717) is 12.4 Å². The first-order valence-corrected chi connectivity index (χ1v) is 8.99. The summed E-state index contributed by atoms with van der Waals surface area (Å²) in [5, 5.41) is 14.2. The second kappa shape index (κ2) is 10.1. The Bertz CT molecular complexity index is 642. The Hall–Kier alpha value is -1.89. The molecule has 0 saturated carbocycles. The predicted octanol–water partition coefficient (Wildman–Crippen LogP) is 3.05.